The fourth-order valence-corrected chi connectivity index (χ4v) is 1.86. The standard InChI is InChI=1S/C15H10F2N4O/c16-9-3-4-12(17)13(6-9)22-5-1-2-10-7-11-14(18)19-8-20-15(11)21-10/h3-4,6-8H,5H2,(H3,18,19,20,21). The molecule has 3 N–H and O–H groups in total. The Balaban J connectivity index is 1.72. The second-order valence-electron chi connectivity index (χ2n) is 4.37. The van der Waals surface area contributed by atoms with Crippen LogP contribution in [0.1, 0.15) is 5.69 Å². The number of H-pyrrole nitrogens is 1. The molecule has 110 valence electrons. The molecule has 0 unspecified atom stereocenters. The van der Waals surface area contributed by atoms with Crippen LogP contribution in [0.4, 0.5) is 14.6 Å². The third-order valence-electron chi connectivity index (χ3n) is 2.87. The number of nitrogens with one attached hydrogen (secondary N) is 1. The van der Waals surface area contributed by atoms with E-state index in [1.807, 2.05) is 0 Å². The van der Waals surface area contributed by atoms with Gasteiger partial charge in [-0.3, -0.25) is 0 Å². The number of benzene rings is 1. The summed E-state index contributed by atoms with van der Waals surface area (Å²) in [7, 11) is 0. The Morgan fingerprint density at radius 1 is 1.23 bits per heavy atom. The zero-order valence-corrected chi connectivity index (χ0v) is 11.2. The zero-order valence-electron chi connectivity index (χ0n) is 11.2. The normalized spacial score (nSPS) is 10.3. The molecule has 5 nitrogen and oxygen atoms in total. The molecule has 1 aromatic carbocycles. The number of rotatable bonds is 2. The van der Waals surface area contributed by atoms with Gasteiger partial charge in [-0.1, -0.05) is 5.92 Å². The lowest BCUT2D eigenvalue weighted by Crippen LogP contribution is -1.97. The number of aromatic amines is 1. The van der Waals surface area contributed by atoms with Gasteiger partial charge >= 0.3 is 0 Å². The van der Waals surface area contributed by atoms with Crippen LogP contribution >= 0.6 is 0 Å². The Morgan fingerprint density at radius 2 is 2.09 bits per heavy atom. The zero-order chi connectivity index (χ0) is 15.5. The molecule has 0 amide bonds. The Bertz CT molecular complexity index is 895. The van der Waals surface area contributed by atoms with Gasteiger partial charge in [-0.05, 0) is 24.1 Å². The molecule has 2 heterocycles. The first-order valence-corrected chi connectivity index (χ1v) is 6.29. The van der Waals surface area contributed by atoms with Crippen LogP contribution in [-0.2, 0) is 0 Å². The number of halogens is 2. The van der Waals surface area contributed by atoms with Gasteiger partial charge in [-0.25, -0.2) is 18.7 Å². The van der Waals surface area contributed by atoms with Gasteiger partial charge in [0.1, 0.15) is 30.2 Å². The maximum atomic E-state index is 13.3. The minimum Gasteiger partial charge on any atom is -0.478 e. The number of fused-ring (bicyclic) bond motifs is 1. The van der Waals surface area contributed by atoms with Crippen LogP contribution in [0.5, 0.6) is 5.75 Å². The quantitative estimate of drug-likeness (QED) is 0.712. The molecule has 7 heteroatoms. The van der Waals surface area contributed by atoms with Gasteiger partial charge in [0.15, 0.2) is 11.6 Å². The molecule has 0 saturated carbocycles. The van der Waals surface area contributed by atoms with Crippen LogP contribution in [0.15, 0.2) is 30.6 Å². The molecule has 0 radical (unpaired) electrons. The average Bonchev–Trinajstić information content (AvgIpc) is 2.91. The maximum Gasteiger partial charge on any atom is 0.165 e. The van der Waals surface area contributed by atoms with Crippen LogP contribution in [-0.4, -0.2) is 21.6 Å². The summed E-state index contributed by atoms with van der Waals surface area (Å²) in [4.78, 5) is 10.9. The molecular weight excluding hydrogens is 290 g/mol. The second-order valence-corrected chi connectivity index (χ2v) is 4.37. The summed E-state index contributed by atoms with van der Waals surface area (Å²) < 4.78 is 31.4. The highest BCUT2D eigenvalue weighted by molar-refractivity contribution is 5.87. The minimum absolute atomic E-state index is 0.0864. The van der Waals surface area contributed by atoms with Crippen LogP contribution in [0.2, 0.25) is 0 Å². The molecule has 0 bridgehead atoms. The predicted molar refractivity (Wildman–Crippen MR) is 77.0 cm³/mol. The van der Waals surface area contributed by atoms with Crippen molar-refractivity contribution >= 4 is 16.9 Å². The van der Waals surface area contributed by atoms with Crippen molar-refractivity contribution in [3.05, 3.63) is 47.9 Å². The highest BCUT2D eigenvalue weighted by Crippen LogP contribution is 2.18. The van der Waals surface area contributed by atoms with E-state index in [1.54, 1.807) is 6.07 Å². The van der Waals surface area contributed by atoms with E-state index in [0.29, 0.717) is 22.5 Å². The van der Waals surface area contributed by atoms with Gasteiger partial charge in [0, 0.05) is 6.07 Å². The van der Waals surface area contributed by atoms with E-state index < -0.39 is 11.6 Å². The lowest BCUT2D eigenvalue weighted by Gasteiger charge is -2.02. The van der Waals surface area contributed by atoms with Crippen molar-refractivity contribution in [2.45, 2.75) is 0 Å². The molecule has 0 aliphatic heterocycles. The Labute approximate surface area is 124 Å². The van der Waals surface area contributed by atoms with Crippen molar-refractivity contribution in [3.63, 3.8) is 0 Å². The molecule has 22 heavy (non-hydrogen) atoms. The highest BCUT2D eigenvalue weighted by atomic mass is 19.1. The van der Waals surface area contributed by atoms with Gasteiger partial charge in [0.2, 0.25) is 0 Å². The van der Waals surface area contributed by atoms with Crippen LogP contribution in [0, 0.1) is 23.5 Å². The summed E-state index contributed by atoms with van der Waals surface area (Å²) >= 11 is 0. The molecule has 0 aliphatic rings. The summed E-state index contributed by atoms with van der Waals surface area (Å²) in [6.07, 6.45) is 1.35. The Morgan fingerprint density at radius 3 is 2.91 bits per heavy atom. The third kappa shape index (κ3) is 2.81. The van der Waals surface area contributed by atoms with E-state index in [9.17, 15) is 8.78 Å². The van der Waals surface area contributed by atoms with Crippen molar-refractivity contribution < 1.29 is 13.5 Å². The van der Waals surface area contributed by atoms with Crippen molar-refractivity contribution in [1.82, 2.24) is 15.0 Å². The molecule has 0 aliphatic carbocycles. The van der Waals surface area contributed by atoms with Gasteiger partial charge in [-0.15, -0.1) is 0 Å². The van der Waals surface area contributed by atoms with E-state index >= 15 is 0 Å². The highest BCUT2D eigenvalue weighted by Gasteiger charge is 2.05. The number of aromatic nitrogens is 3. The molecule has 0 fully saturated rings. The van der Waals surface area contributed by atoms with Gasteiger partial charge in [0.05, 0.1) is 11.1 Å². The van der Waals surface area contributed by atoms with Crippen molar-refractivity contribution in [2.75, 3.05) is 12.3 Å². The van der Waals surface area contributed by atoms with Gasteiger partial charge in [0.25, 0.3) is 0 Å². The first-order chi connectivity index (χ1) is 10.6. The van der Waals surface area contributed by atoms with E-state index in [4.69, 9.17) is 10.5 Å². The summed E-state index contributed by atoms with van der Waals surface area (Å²) in [6.45, 7) is -0.0864. The number of nitrogens with two attached hydrogens (primary N) is 1. The molecule has 0 atom stereocenters. The van der Waals surface area contributed by atoms with Crippen molar-refractivity contribution in [2.24, 2.45) is 0 Å². The lowest BCUT2D eigenvalue weighted by atomic mass is 10.3. The minimum atomic E-state index is -0.642. The van der Waals surface area contributed by atoms with Gasteiger partial charge < -0.3 is 15.5 Å². The van der Waals surface area contributed by atoms with Gasteiger partial charge in [-0.2, -0.15) is 0 Å². The molecule has 3 rings (SSSR count). The average molecular weight is 300 g/mol. The van der Waals surface area contributed by atoms with E-state index in [1.165, 1.54) is 6.33 Å². The summed E-state index contributed by atoms with van der Waals surface area (Å²) in [5.74, 6) is 4.45. The summed E-state index contributed by atoms with van der Waals surface area (Å²) in [6, 6.07) is 4.69. The monoisotopic (exact) mass is 300 g/mol. The van der Waals surface area contributed by atoms with E-state index in [0.717, 1.165) is 18.2 Å². The predicted octanol–water partition coefficient (Wildman–Crippen LogP) is 2.25. The molecule has 2 aromatic heterocycles. The number of nitrogen functional groups attached to an aromatic ring is 1. The fraction of sp³-hybridized carbons (Fsp3) is 0.0667. The first-order valence-electron chi connectivity index (χ1n) is 6.29. The number of nitrogens with zero attached hydrogens (tertiary/aromatic N) is 2. The number of anilines is 1. The summed E-state index contributed by atoms with van der Waals surface area (Å²) in [5, 5.41) is 0.670. The third-order valence-corrected chi connectivity index (χ3v) is 2.87. The van der Waals surface area contributed by atoms with Crippen molar-refractivity contribution in [1.29, 1.82) is 0 Å². The number of ether oxygens (including phenoxy) is 1. The Kier molecular flexibility index (Phi) is 3.58. The topological polar surface area (TPSA) is 76.8 Å². The van der Waals surface area contributed by atoms with Crippen LogP contribution < -0.4 is 10.5 Å². The lowest BCUT2D eigenvalue weighted by molar-refractivity contribution is 0.345. The Hall–Kier alpha value is -3.14. The van der Waals surface area contributed by atoms with Crippen LogP contribution in [0.3, 0.4) is 0 Å². The van der Waals surface area contributed by atoms with Crippen molar-refractivity contribution in [3.8, 4) is 17.6 Å². The SMILES string of the molecule is Nc1ncnc2[nH]c(C#CCOc3cc(F)ccc3F)cc12. The number of hydrogen-bond donors (Lipinski definition) is 2. The maximum absolute atomic E-state index is 13.3. The first kappa shape index (κ1) is 13.8. The van der Waals surface area contributed by atoms with Crippen LogP contribution in [0.25, 0.3) is 11.0 Å². The molecular formula is C15H10F2N4O. The number of hydrogen-bond acceptors (Lipinski definition) is 4. The van der Waals surface area contributed by atoms with E-state index in [-0.39, 0.29) is 12.4 Å². The fourth-order valence-electron chi connectivity index (χ4n) is 1.86. The molecule has 3 aromatic rings. The smallest absolute Gasteiger partial charge is 0.165 e. The second kappa shape index (κ2) is 5.69. The molecule has 0 spiro atoms. The largest absolute Gasteiger partial charge is 0.478 e. The summed E-state index contributed by atoms with van der Waals surface area (Å²) in [5.41, 5.74) is 6.86. The molecule has 0 saturated heterocycles. The van der Waals surface area contributed by atoms with E-state index in [2.05, 4.69) is 26.8 Å².